The van der Waals surface area contributed by atoms with E-state index in [9.17, 15) is 4.79 Å². The highest BCUT2D eigenvalue weighted by atomic mass is 35.5. The minimum Gasteiger partial charge on any atom is -0.299 e. The van der Waals surface area contributed by atoms with Crippen molar-refractivity contribution in [1.82, 2.24) is 0 Å². The third kappa shape index (κ3) is 2.81. The lowest BCUT2D eigenvalue weighted by atomic mass is 10.0. The molecule has 0 N–H and O–H groups in total. The Hall–Kier alpha value is -1.57. The summed E-state index contributed by atoms with van der Waals surface area (Å²) in [7, 11) is 0. The van der Waals surface area contributed by atoms with Crippen LogP contribution >= 0.6 is 23.2 Å². The van der Waals surface area contributed by atoms with E-state index >= 15 is 0 Å². The molecule has 90 valence electrons. The molecule has 0 aromatic heterocycles. The molecule has 0 heterocycles. The maximum absolute atomic E-state index is 10.4. The van der Waals surface area contributed by atoms with Crippen LogP contribution in [0.1, 0.15) is 5.56 Å². The van der Waals surface area contributed by atoms with Gasteiger partial charge in [-0.25, -0.2) is 0 Å². The first-order valence-corrected chi connectivity index (χ1v) is 6.14. The number of carbonyl (C=O) groups excluding carboxylic acids is 1. The first-order chi connectivity index (χ1) is 8.72. The molecule has 2 aromatic rings. The van der Waals surface area contributed by atoms with Gasteiger partial charge in [0.25, 0.3) is 0 Å². The van der Waals surface area contributed by atoms with Crippen LogP contribution in [0.15, 0.2) is 54.6 Å². The minimum atomic E-state index is 0.342. The molecule has 2 rings (SSSR count). The van der Waals surface area contributed by atoms with Gasteiger partial charge in [0.15, 0.2) is 0 Å². The molecule has 0 bridgehead atoms. The van der Waals surface area contributed by atoms with Crippen LogP contribution in [0.2, 0.25) is 5.02 Å². The molecular weight excluding hydrogens is 267 g/mol. The van der Waals surface area contributed by atoms with Gasteiger partial charge in [-0.05, 0) is 23.3 Å². The Morgan fingerprint density at radius 1 is 1.00 bits per heavy atom. The molecular formula is C15H10Cl2O. The van der Waals surface area contributed by atoms with E-state index in [2.05, 4.69) is 0 Å². The van der Waals surface area contributed by atoms with Crippen molar-refractivity contribution in [2.24, 2.45) is 0 Å². The Morgan fingerprint density at radius 3 is 2.33 bits per heavy atom. The lowest BCUT2D eigenvalue weighted by Crippen LogP contribution is -1.83. The van der Waals surface area contributed by atoms with Gasteiger partial charge in [0.1, 0.15) is 6.29 Å². The van der Waals surface area contributed by atoms with Crippen LogP contribution in [0.3, 0.4) is 0 Å². The SMILES string of the molecule is O=CC=C(Cl)c1ccc(-c2ccccc2)cc1Cl. The normalized spacial score (nSPS) is 11.3. The summed E-state index contributed by atoms with van der Waals surface area (Å²) in [6.45, 7) is 0. The summed E-state index contributed by atoms with van der Waals surface area (Å²) in [6.07, 6.45) is 1.93. The first kappa shape index (κ1) is 12.9. The molecule has 0 unspecified atom stereocenters. The van der Waals surface area contributed by atoms with E-state index in [1.807, 2.05) is 48.5 Å². The molecule has 18 heavy (non-hydrogen) atoms. The van der Waals surface area contributed by atoms with E-state index in [-0.39, 0.29) is 0 Å². The van der Waals surface area contributed by atoms with Crippen molar-refractivity contribution in [2.45, 2.75) is 0 Å². The predicted octanol–water partition coefficient (Wildman–Crippen LogP) is 4.79. The largest absolute Gasteiger partial charge is 0.299 e. The number of hydrogen-bond donors (Lipinski definition) is 0. The second kappa shape index (κ2) is 5.85. The van der Waals surface area contributed by atoms with E-state index in [1.165, 1.54) is 6.08 Å². The van der Waals surface area contributed by atoms with Crippen LogP contribution in [0.25, 0.3) is 16.2 Å². The van der Waals surface area contributed by atoms with Gasteiger partial charge in [0.05, 0.1) is 5.03 Å². The molecule has 0 amide bonds. The predicted molar refractivity (Wildman–Crippen MR) is 76.8 cm³/mol. The number of halogens is 2. The van der Waals surface area contributed by atoms with Gasteiger partial charge in [-0.15, -0.1) is 0 Å². The Morgan fingerprint density at radius 2 is 1.72 bits per heavy atom. The number of benzene rings is 2. The fourth-order valence-corrected chi connectivity index (χ4v) is 2.22. The molecule has 3 heteroatoms. The van der Waals surface area contributed by atoms with Crippen LogP contribution in [0, 0.1) is 0 Å². The Labute approximate surface area is 116 Å². The van der Waals surface area contributed by atoms with Crippen molar-refractivity contribution >= 4 is 34.5 Å². The van der Waals surface area contributed by atoms with Crippen molar-refractivity contribution in [1.29, 1.82) is 0 Å². The van der Waals surface area contributed by atoms with Crippen molar-refractivity contribution in [3.05, 3.63) is 65.2 Å². The van der Waals surface area contributed by atoms with E-state index in [0.717, 1.165) is 11.1 Å². The van der Waals surface area contributed by atoms with E-state index in [4.69, 9.17) is 23.2 Å². The number of allylic oxidation sites excluding steroid dienone is 1. The summed E-state index contributed by atoms with van der Waals surface area (Å²) in [6, 6.07) is 15.5. The molecule has 0 spiro atoms. The molecule has 0 aliphatic heterocycles. The average molecular weight is 277 g/mol. The highest BCUT2D eigenvalue weighted by Gasteiger charge is 2.06. The lowest BCUT2D eigenvalue weighted by molar-refractivity contribution is -0.104. The minimum absolute atomic E-state index is 0.342. The van der Waals surface area contributed by atoms with Crippen LogP contribution in [-0.2, 0) is 4.79 Å². The van der Waals surface area contributed by atoms with Gasteiger partial charge >= 0.3 is 0 Å². The van der Waals surface area contributed by atoms with Crippen molar-refractivity contribution in [3.63, 3.8) is 0 Å². The van der Waals surface area contributed by atoms with Gasteiger partial charge < -0.3 is 0 Å². The summed E-state index contributed by atoms with van der Waals surface area (Å²) in [5.41, 5.74) is 2.76. The van der Waals surface area contributed by atoms with Crippen LogP contribution < -0.4 is 0 Å². The molecule has 0 saturated carbocycles. The highest BCUT2D eigenvalue weighted by molar-refractivity contribution is 6.51. The zero-order valence-electron chi connectivity index (χ0n) is 9.44. The van der Waals surface area contributed by atoms with Crippen molar-refractivity contribution < 1.29 is 4.79 Å². The quantitative estimate of drug-likeness (QED) is 0.582. The molecule has 0 saturated heterocycles. The third-order valence-electron chi connectivity index (χ3n) is 2.55. The summed E-state index contributed by atoms with van der Waals surface area (Å²) in [5.74, 6) is 0. The van der Waals surface area contributed by atoms with Crippen LogP contribution in [0.5, 0.6) is 0 Å². The maximum Gasteiger partial charge on any atom is 0.144 e. The van der Waals surface area contributed by atoms with Gasteiger partial charge in [-0.1, -0.05) is 65.7 Å². The maximum atomic E-state index is 10.4. The van der Waals surface area contributed by atoms with E-state index in [0.29, 0.717) is 21.9 Å². The third-order valence-corrected chi connectivity index (χ3v) is 3.19. The second-order valence-electron chi connectivity index (χ2n) is 3.71. The van der Waals surface area contributed by atoms with E-state index < -0.39 is 0 Å². The molecule has 1 nitrogen and oxygen atoms in total. The van der Waals surface area contributed by atoms with E-state index in [1.54, 1.807) is 0 Å². The standard InChI is InChI=1S/C15H10Cl2O/c16-14(8-9-18)13-7-6-12(10-15(13)17)11-4-2-1-3-5-11/h1-10H. The topological polar surface area (TPSA) is 17.1 Å². The van der Waals surface area contributed by atoms with Gasteiger partial charge in [0, 0.05) is 10.6 Å². The van der Waals surface area contributed by atoms with Gasteiger partial charge in [0.2, 0.25) is 0 Å². The summed E-state index contributed by atoms with van der Waals surface area (Å²) in [4.78, 5) is 10.4. The number of hydrogen-bond acceptors (Lipinski definition) is 1. The summed E-state index contributed by atoms with van der Waals surface area (Å²) in [5, 5.41) is 0.870. The average Bonchev–Trinajstić information content (AvgIpc) is 2.40. The smallest absolute Gasteiger partial charge is 0.144 e. The summed E-state index contributed by atoms with van der Waals surface area (Å²) >= 11 is 12.1. The van der Waals surface area contributed by atoms with Crippen molar-refractivity contribution in [2.75, 3.05) is 0 Å². The second-order valence-corrected chi connectivity index (χ2v) is 4.53. The van der Waals surface area contributed by atoms with Gasteiger partial charge in [-0.2, -0.15) is 0 Å². The highest BCUT2D eigenvalue weighted by Crippen LogP contribution is 2.31. The van der Waals surface area contributed by atoms with Gasteiger partial charge in [-0.3, -0.25) is 4.79 Å². The molecule has 0 fully saturated rings. The molecule has 0 aliphatic rings. The fraction of sp³-hybridized carbons (Fsp3) is 0. The monoisotopic (exact) mass is 276 g/mol. The number of aldehydes is 1. The first-order valence-electron chi connectivity index (χ1n) is 5.38. The Balaban J connectivity index is 2.43. The molecule has 2 aromatic carbocycles. The van der Waals surface area contributed by atoms with Crippen molar-refractivity contribution in [3.8, 4) is 11.1 Å². The number of carbonyl (C=O) groups is 1. The zero-order valence-corrected chi connectivity index (χ0v) is 10.9. The Kier molecular flexibility index (Phi) is 4.19. The fourth-order valence-electron chi connectivity index (χ4n) is 1.67. The van der Waals surface area contributed by atoms with Crippen LogP contribution in [-0.4, -0.2) is 6.29 Å². The zero-order chi connectivity index (χ0) is 13.0. The molecule has 0 aliphatic carbocycles. The lowest BCUT2D eigenvalue weighted by Gasteiger charge is -2.06. The molecule has 0 radical (unpaired) electrons. The van der Waals surface area contributed by atoms with Crippen LogP contribution in [0.4, 0.5) is 0 Å². The number of rotatable bonds is 3. The Bertz CT molecular complexity index is 589. The summed E-state index contributed by atoms with van der Waals surface area (Å²) < 4.78 is 0. The molecule has 0 atom stereocenters.